The van der Waals surface area contributed by atoms with Crippen molar-refractivity contribution in [1.29, 1.82) is 0 Å². The Bertz CT molecular complexity index is 1320. The van der Waals surface area contributed by atoms with E-state index < -0.39 is 29.1 Å². The van der Waals surface area contributed by atoms with Crippen molar-refractivity contribution in [3.8, 4) is 5.75 Å². The van der Waals surface area contributed by atoms with E-state index in [9.17, 15) is 19.2 Å². The lowest BCUT2D eigenvalue weighted by Gasteiger charge is -2.49. The Kier molecular flexibility index (Phi) is 5.53. The van der Waals surface area contributed by atoms with E-state index in [0.29, 0.717) is 24.3 Å². The van der Waals surface area contributed by atoms with Gasteiger partial charge in [0.05, 0.1) is 35.5 Å². The van der Waals surface area contributed by atoms with Gasteiger partial charge in [-0.05, 0) is 55.5 Å². The van der Waals surface area contributed by atoms with Gasteiger partial charge in [-0.2, -0.15) is 0 Å². The number of carbonyl (C=O) groups is 4. The van der Waals surface area contributed by atoms with Crippen molar-refractivity contribution in [1.82, 2.24) is 5.32 Å². The Balaban J connectivity index is 1.48. The summed E-state index contributed by atoms with van der Waals surface area (Å²) in [6.07, 6.45) is 2.79. The third kappa shape index (κ3) is 3.39. The van der Waals surface area contributed by atoms with E-state index in [4.69, 9.17) is 9.84 Å². The number of anilines is 1. The maximum Gasteiger partial charge on any atom is 0.241 e. The summed E-state index contributed by atoms with van der Waals surface area (Å²) in [7, 11) is 0. The fourth-order valence-electron chi connectivity index (χ4n) is 7.05. The highest BCUT2D eigenvalue weighted by Gasteiger charge is 2.67. The van der Waals surface area contributed by atoms with E-state index in [-0.39, 0.29) is 42.8 Å². The number of benzene rings is 2. The zero-order valence-electron chi connectivity index (χ0n) is 20.4. The lowest BCUT2D eigenvalue weighted by molar-refractivity contribution is -0.131. The van der Waals surface area contributed by atoms with Crippen molar-refractivity contribution < 1.29 is 29.0 Å². The van der Waals surface area contributed by atoms with Gasteiger partial charge in [-0.3, -0.25) is 24.5 Å². The highest BCUT2D eigenvalue weighted by atomic mass is 16.5. The van der Waals surface area contributed by atoms with Crippen molar-refractivity contribution in [3.05, 3.63) is 71.8 Å². The largest absolute Gasteiger partial charge is 0.491 e. The molecule has 0 unspecified atom stereocenters. The molecule has 2 saturated heterocycles. The quantitative estimate of drug-likeness (QED) is 0.482. The summed E-state index contributed by atoms with van der Waals surface area (Å²) in [5.41, 5.74) is 1.27. The SMILES string of the molecule is C[C@@]12C(=O)N(c3ccccc3)C(=O)[C@@H]1C[C@@H]1C(=CC[C@@H]3C(=O)NC(=O)[C@@H]31)[C@@H]2c1ccc(OCCO)cc1. The molecule has 8 heteroatoms. The number of aliphatic hydroxyl groups excluding tert-OH is 1. The van der Waals surface area contributed by atoms with Crippen LogP contribution in [-0.2, 0) is 19.2 Å². The minimum atomic E-state index is -1.06. The molecule has 0 spiro atoms. The number of rotatable bonds is 5. The normalized spacial score (nSPS) is 32.4. The molecule has 0 radical (unpaired) electrons. The van der Waals surface area contributed by atoms with E-state index in [1.165, 1.54) is 4.90 Å². The fourth-order valence-corrected chi connectivity index (χ4v) is 7.05. The number of fused-ring (bicyclic) bond motifs is 4. The monoisotopic (exact) mass is 500 g/mol. The summed E-state index contributed by atoms with van der Waals surface area (Å²) in [5, 5.41) is 11.6. The minimum Gasteiger partial charge on any atom is -0.491 e. The topological polar surface area (TPSA) is 113 Å². The van der Waals surface area contributed by atoms with E-state index in [2.05, 4.69) is 5.32 Å². The Labute approximate surface area is 214 Å². The van der Waals surface area contributed by atoms with Gasteiger partial charge in [0.25, 0.3) is 0 Å². The smallest absolute Gasteiger partial charge is 0.241 e. The van der Waals surface area contributed by atoms with Crippen LogP contribution in [0.5, 0.6) is 5.75 Å². The number of nitrogens with zero attached hydrogens (tertiary/aromatic N) is 1. The van der Waals surface area contributed by atoms with Crippen LogP contribution in [0.1, 0.15) is 31.2 Å². The van der Waals surface area contributed by atoms with Gasteiger partial charge in [-0.25, -0.2) is 4.90 Å². The molecule has 2 aromatic carbocycles. The molecule has 2 aliphatic heterocycles. The molecule has 4 amide bonds. The number of imide groups is 2. The van der Waals surface area contributed by atoms with E-state index in [1.54, 1.807) is 36.4 Å². The van der Waals surface area contributed by atoms with Crippen molar-refractivity contribution in [2.24, 2.45) is 29.1 Å². The third-order valence-electron chi connectivity index (χ3n) is 8.71. The molecule has 2 heterocycles. The number of aliphatic hydroxyl groups is 1. The molecule has 8 nitrogen and oxygen atoms in total. The standard InChI is InChI=1S/C29H28N2O6/c1-29-22(27(35)31(28(29)36)17-5-3-2-4-6-17)15-21-19(11-12-20-23(21)26(34)30-25(20)33)24(29)16-7-9-18(10-8-16)37-14-13-32/h2-11,20-24,32H,12-15H2,1H3,(H,30,33,34)/t20-,21+,22-,23-,24-,29+/m0/s1. The van der Waals surface area contributed by atoms with Gasteiger partial charge >= 0.3 is 0 Å². The maximum atomic E-state index is 14.2. The molecule has 6 rings (SSSR count). The molecule has 1 saturated carbocycles. The van der Waals surface area contributed by atoms with E-state index in [1.807, 2.05) is 31.2 Å². The van der Waals surface area contributed by atoms with Gasteiger partial charge in [0, 0.05) is 5.92 Å². The van der Waals surface area contributed by atoms with Crippen LogP contribution in [0.2, 0.25) is 0 Å². The Morgan fingerprint density at radius 3 is 2.43 bits per heavy atom. The lowest BCUT2D eigenvalue weighted by atomic mass is 9.51. The molecule has 6 atom stereocenters. The summed E-state index contributed by atoms with van der Waals surface area (Å²) in [6, 6.07) is 16.3. The first-order valence-corrected chi connectivity index (χ1v) is 12.7. The first kappa shape index (κ1) is 23.6. The zero-order valence-corrected chi connectivity index (χ0v) is 20.4. The van der Waals surface area contributed by atoms with Gasteiger partial charge in [0.2, 0.25) is 23.6 Å². The highest BCUT2D eigenvalue weighted by Crippen LogP contribution is 2.63. The molecule has 0 aromatic heterocycles. The molecule has 37 heavy (non-hydrogen) atoms. The molecule has 0 bridgehead atoms. The number of hydrogen-bond acceptors (Lipinski definition) is 6. The van der Waals surface area contributed by atoms with Crippen LogP contribution in [0.25, 0.3) is 0 Å². The molecule has 190 valence electrons. The van der Waals surface area contributed by atoms with Gasteiger partial charge in [-0.1, -0.05) is 42.0 Å². The number of ether oxygens (including phenoxy) is 1. The number of para-hydroxylation sites is 1. The summed E-state index contributed by atoms with van der Waals surface area (Å²) >= 11 is 0. The van der Waals surface area contributed by atoms with Crippen molar-refractivity contribution in [2.75, 3.05) is 18.1 Å². The van der Waals surface area contributed by atoms with E-state index in [0.717, 1.165) is 11.1 Å². The average Bonchev–Trinajstić information content (AvgIpc) is 3.31. The van der Waals surface area contributed by atoms with Crippen LogP contribution in [0.15, 0.2) is 66.2 Å². The summed E-state index contributed by atoms with van der Waals surface area (Å²) < 4.78 is 5.53. The third-order valence-corrected chi connectivity index (χ3v) is 8.71. The Morgan fingerprint density at radius 1 is 1.00 bits per heavy atom. The summed E-state index contributed by atoms with van der Waals surface area (Å²) in [5.74, 6) is -2.88. The number of carbonyl (C=O) groups excluding carboxylic acids is 4. The molecule has 2 aromatic rings. The molecular formula is C29H28N2O6. The van der Waals surface area contributed by atoms with Crippen LogP contribution >= 0.6 is 0 Å². The number of nitrogens with one attached hydrogen (secondary N) is 1. The first-order chi connectivity index (χ1) is 17.9. The second-order valence-corrected chi connectivity index (χ2v) is 10.5. The van der Waals surface area contributed by atoms with Gasteiger partial charge < -0.3 is 9.84 Å². The maximum absolute atomic E-state index is 14.2. The Morgan fingerprint density at radius 2 is 1.73 bits per heavy atom. The molecule has 4 aliphatic rings. The Hall–Kier alpha value is -3.78. The van der Waals surface area contributed by atoms with Crippen LogP contribution in [0.4, 0.5) is 5.69 Å². The lowest BCUT2D eigenvalue weighted by Crippen LogP contribution is -2.48. The fraction of sp³-hybridized carbons (Fsp3) is 0.379. The number of allylic oxidation sites excluding steroid dienone is 2. The van der Waals surface area contributed by atoms with E-state index >= 15 is 0 Å². The molecular weight excluding hydrogens is 472 g/mol. The minimum absolute atomic E-state index is 0.103. The second-order valence-electron chi connectivity index (χ2n) is 10.5. The number of amides is 4. The predicted octanol–water partition coefficient (Wildman–Crippen LogP) is 2.58. The zero-order chi connectivity index (χ0) is 25.9. The second kappa shape index (κ2) is 8.66. The summed E-state index contributed by atoms with van der Waals surface area (Å²) in [6.45, 7) is 1.93. The molecule has 2 N–H and O–H groups in total. The van der Waals surface area contributed by atoms with Gasteiger partial charge in [0.15, 0.2) is 0 Å². The van der Waals surface area contributed by atoms with Crippen LogP contribution < -0.4 is 15.0 Å². The number of hydrogen-bond donors (Lipinski definition) is 2. The average molecular weight is 501 g/mol. The summed E-state index contributed by atoms with van der Waals surface area (Å²) in [4.78, 5) is 54.8. The van der Waals surface area contributed by atoms with Crippen LogP contribution in [0.3, 0.4) is 0 Å². The first-order valence-electron chi connectivity index (χ1n) is 12.7. The molecule has 3 fully saturated rings. The van der Waals surface area contributed by atoms with Crippen LogP contribution in [0, 0.1) is 29.1 Å². The van der Waals surface area contributed by atoms with Crippen molar-refractivity contribution in [2.45, 2.75) is 25.7 Å². The van der Waals surface area contributed by atoms with Gasteiger partial charge in [0.1, 0.15) is 12.4 Å². The van der Waals surface area contributed by atoms with Crippen LogP contribution in [-0.4, -0.2) is 41.9 Å². The molecule has 2 aliphatic carbocycles. The highest BCUT2D eigenvalue weighted by molar-refractivity contribution is 6.24. The van der Waals surface area contributed by atoms with Gasteiger partial charge in [-0.15, -0.1) is 0 Å². The van der Waals surface area contributed by atoms with Crippen molar-refractivity contribution >= 4 is 29.3 Å². The predicted molar refractivity (Wildman–Crippen MR) is 133 cm³/mol. The van der Waals surface area contributed by atoms with Crippen molar-refractivity contribution in [3.63, 3.8) is 0 Å².